The van der Waals surface area contributed by atoms with E-state index in [0.717, 1.165) is 56.3 Å². The zero-order valence-corrected chi connectivity index (χ0v) is 18.3. The second-order valence-corrected chi connectivity index (χ2v) is 9.00. The normalized spacial score (nSPS) is 19.6. The molecule has 1 saturated heterocycles. The average Bonchev–Trinajstić information content (AvgIpc) is 3.56. The molecular weight excluding hydrogens is 391 g/mol. The van der Waals surface area contributed by atoms with Crippen molar-refractivity contribution >= 4 is 11.6 Å². The maximum atomic E-state index is 14.8. The van der Waals surface area contributed by atoms with E-state index >= 15 is 0 Å². The topological polar surface area (TPSA) is 50.5 Å². The highest BCUT2D eigenvalue weighted by Gasteiger charge is 2.26. The molecule has 6 heteroatoms. The van der Waals surface area contributed by atoms with Crippen molar-refractivity contribution in [1.82, 2.24) is 19.5 Å². The Morgan fingerprint density at radius 3 is 2.71 bits per heavy atom. The Morgan fingerprint density at radius 2 is 1.97 bits per heavy atom. The minimum Gasteiger partial charge on any atom is -0.335 e. The van der Waals surface area contributed by atoms with Crippen LogP contribution in [-0.4, -0.2) is 38.0 Å². The van der Waals surface area contributed by atoms with Crippen LogP contribution in [0.1, 0.15) is 80.0 Å². The van der Waals surface area contributed by atoms with Gasteiger partial charge in [0, 0.05) is 29.9 Å². The summed E-state index contributed by atoms with van der Waals surface area (Å²) in [6, 6.07) is 9.32. The molecule has 2 aromatic heterocycles. The van der Waals surface area contributed by atoms with Crippen LogP contribution in [0.3, 0.4) is 0 Å². The van der Waals surface area contributed by atoms with Crippen molar-refractivity contribution < 1.29 is 9.18 Å². The Hall–Kier alpha value is -2.76. The summed E-state index contributed by atoms with van der Waals surface area (Å²) in [6.07, 6.45) is 7.38. The van der Waals surface area contributed by atoms with Gasteiger partial charge in [-0.3, -0.25) is 4.79 Å². The van der Waals surface area contributed by atoms with Gasteiger partial charge in [-0.05, 0) is 68.7 Å². The number of rotatable bonds is 4. The third-order valence-corrected chi connectivity index (χ3v) is 6.71. The highest BCUT2D eigenvalue weighted by atomic mass is 19.1. The van der Waals surface area contributed by atoms with Gasteiger partial charge in [0.25, 0.3) is 5.91 Å². The number of hydrogen-bond acceptors (Lipinski definition) is 3. The molecule has 5 nitrogen and oxygen atoms in total. The lowest BCUT2D eigenvalue weighted by atomic mass is 10.1. The number of aryl methyl sites for hydroxylation is 1. The summed E-state index contributed by atoms with van der Waals surface area (Å²) in [6.45, 7) is 4.93. The molecule has 0 bridgehead atoms. The van der Waals surface area contributed by atoms with E-state index in [2.05, 4.69) is 17.0 Å². The van der Waals surface area contributed by atoms with Gasteiger partial charge in [-0.2, -0.15) is 5.10 Å². The van der Waals surface area contributed by atoms with Crippen molar-refractivity contribution in [3.8, 4) is 11.3 Å². The molecule has 1 aliphatic heterocycles. The predicted octanol–water partition coefficient (Wildman–Crippen LogP) is 5.38. The number of halogens is 1. The highest BCUT2D eigenvalue weighted by Crippen LogP contribution is 2.41. The number of nitrogens with zero attached hydrogens (tertiary/aromatic N) is 4. The second-order valence-electron chi connectivity index (χ2n) is 9.00. The minimum atomic E-state index is -0.249. The molecule has 5 rings (SSSR count). The Kier molecular flexibility index (Phi) is 5.24. The Morgan fingerprint density at radius 1 is 1.13 bits per heavy atom. The van der Waals surface area contributed by atoms with Gasteiger partial charge in [0.15, 0.2) is 5.65 Å². The summed E-state index contributed by atoms with van der Waals surface area (Å²) in [5.41, 5.74) is 4.04. The summed E-state index contributed by atoms with van der Waals surface area (Å²) < 4.78 is 16.6. The van der Waals surface area contributed by atoms with Crippen molar-refractivity contribution in [2.45, 2.75) is 70.8 Å². The molecule has 1 saturated carbocycles. The summed E-state index contributed by atoms with van der Waals surface area (Å²) in [7, 11) is 0. The molecule has 31 heavy (non-hydrogen) atoms. The van der Waals surface area contributed by atoms with Crippen LogP contribution in [0.25, 0.3) is 16.9 Å². The van der Waals surface area contributed by atoms with Gasteiger partial charge in [0.05, 0.1) is 5.69 Å². The lowest BCUT2D eigenvalue weighted by molar-refractivity contribution is 0.0692. The maximum absolute atomic E-state index is 14.8. The largest absolute Gasteiger partial charge is 0.335 e. The highest BCUT2D eigenvalue weighted by molar-refractivity contribution is 5.93. The lowest BCUT2D eigenvalue weighted by Gasteiger charge is -2.27. The molecule has 3 aromatic rings. The first-order chi connectivity index (χ1) is 15.0. The van der Waals surface area contributed by atoms with E-state index in [1.165, 1.54) is 0 Å². The van der Waals surface area contributed by atoms with Crippen molar-refractivity contribution in [2.75, 3.05) is 6.54 Å². The molecule has 1 atom stereocenters. The van der Waals surface area contributed by atoms with Crippen LogP contribution in [0, 0.1) is 5.82 Å². The molecule has 1 aromatic carbocycles. The van der Waals surface area contributed by atoms with E-state index < -0.39 is 0 Å². The van der Waals surface area contributed by atoms with Crippen LogP contribution < -0.4 is 0 Å². The molecule has 1 amide bonds. The van der Waals surface area contributed by atoms with Gasteiger partial charge in [0.1, 0.15) is 11.5 Å². The van der Waals surface area contributed by atoms with Gasteiger partial charge in [-0.15, -0.1) is 0 Å². The van der Waals surface area contributed by atoms with E-state index in [1.54, 1.807) is 16.6 Å². The summed E-state index contributed by atoms with van der Waals surface area (Å²) in [4.78, 5) is 19.9. The van der Waals surface area contributed by atoms with Gasteiger partial charge in [0.2, 0.25) is 0 Å². The van der Waals surface area contributed by atoms with Crippen molar-refractivity contribution in [2.24, 2.45) is 0 Å². The van der Waals surface area contributed by atoms with Crippen LogP contribution in [0.5, 0.6) is 0 Å². The van der Waals surface area contributed by atoms with Gasteiger partial charge < -0.3 is 4.90 Å². The third-order valence-electron chi connectivity index (χ3n) is 6.71. The molecule has 2 fully saturated rings. The molecule has 0 N–H and O–H groups in total. The SMILES string of the molecule is CCc1cc(C(=O)N2CCCCC[C@H]2C)nc2cc(-c3ccc(C4CC4)cc3F)nn12. The van der Waals surface area contributed by atoms with E-state index in [9.17, 15) is 9.18 Å². The van der Waals surface area contributed by atoms with E-state index in [-0.39, 0.29) is 17.8 Å². The number of likely N-dealkylation sites (tertiary alicyclic amines) is 1. The van der Waals surface area contributed by atoms with Crippen molar-refractivity contribution in [3.63, 3.8) is 0 Å². The van der Waals surface area contributed by atoms with E-state index in [0.29, 0.717) is 34.9 Å². The first kappa shape index (κ1) is 20.2. The van der Waals surface area contributed by atoms with Crippen LogP contribution in [0.2, 0.25) is 0 Å². The number of amides is 1. The average molecular weight is 421 g/mol. The summed E-state index contributed by atoms with van der Waals surface area (Å²) >= 11 is 0. The Balaban J connectivity index is 1.52. The van der Waals surface area contributed by atoms with Crippen LogP contribution >= 0.6 is 0 Å². The van der Waals surface area contributed by atoms with Gasteiger partial charge in [-0.1, -0.05) is 25.8 Å². The molecule has 2 aliphatic rings. The fourth-order valence-corrected chi connectivity index (χ4v) is 4.66. The van der Waals surface area contributed by atoms with E-state index in [1.807, 2.05) is 30.0 Å². The second kappa shape index (κ2) is 8.06. The van der Waals surface area contributed by atoms with Crippen LogP contribution in [0.4, 0.5) is 4.39 Å². The summed E-state index contributed by atoms with van der Waals surface area (Å²) in [5.74, 6) is 0.239. The maximum Gasteiger partial charge on any atom is 0.272 e. The first-order valence-corrected chi connectivity index (χ1v) is 11.6. The number of carbonyl (C=O) groups excluding carboxylic acids is 1. The third kappa shape index (κ3) is 3.84. The van der Waals surface area contributed by atoms with Gasteiger partial charge >= 0.3 is 0 Å². The van der Waals surface area contributed by atoms with Gasteiger partial charge in [-0.25, -0.2) is 13.9 Å². The number of benzene rings is 1. The summed E-state index contributed by atoms with van der Waals surface area (Å²) in [5, 5.41) is 4.64. The van der Waals surface area contributed by atoms with Crippen LogP contribution in [0.15, 0.2) is 30.3 Å². The Bertz CT molecular complexity index is 1130. The van der Waals surface area contributed by atoms with E-state index in [4.69, 9.17) is 0 Å². The lowest BCUT2D eigenvalue weighted by Crippen LogP contribution is -2.38. The van der Waals surface area contributed by atoms with Crippen molar-refractivity contribution in [1.29, 1.82) is 0 Å². The monoisotopic (exact) mass is 420 g/mol. The number of fused-ring (bicyclic) bond motifs is 1. The molecule has 162 valence electrons. The molecule has 0 unspecified atom stereocenters. The molecule has 0 radical (unpaired) electrons. The number of carbonyl (C=O) groups is 1. The first-order valence-electron chi connectivity index (χ1n) is 11.6. The smallest absolute Gasteiger partial charge is 0.272 e. The number of hydrogen-bond donors (Lipinski definition) is 0. The number of aromatic nitrogens is 3. The fourth-order valence-electron chi connectivity index (χ4n) is 4.66. The zero-order valence-electron chi connectivity index (χ0n) is 18.3. The Labute approximate surface area is 182 Å². The molecule has 1 aliphatic carbocycles. The quantitative estimate of drug-likeness (QED) is 0.569. The standard InChI is InChI=1S/C25H29FN4O/c1-3-19-14-23(25(31)29-12-6-4-5-7-16(29)2)27-24-15-22(28-30(19)24)20-11-10-18(13-21(20)26)17-8-9-17/h10-11,13-17H,3-9,12H2,1-2H3/t16-/m1/s1. The fraction of sp³-hybridized carbons (Fsp3) is 0.480. The predicted molar refractivity (Wildman–Crippen MR) is 119 cm³/mol. The molecular formula is C25H29FN4O. The zero-order chi connectivity index (χ0) is 21.5. The molecule has 3 heterocycles. The van der Waals surface area contributed by atoms with Crippen LogP contribution in [-0.2, 0) is 6.42 Å². The minimum absolute atomic E-state index is 0.0192. The van der Waals surface area contributed by atoms with Crippen molar-refractivity contribution in [3.05, 3.63) is 53.1 Å². The molecule has 0 spiro atoms.